The van der Waals surface area contributed by atoms with Gasteiger partial charge in [0.25, 0.3) is 0 Å². The number of unbranched alkanes of at least 4 members (excludes halogenated alkanes) is 1. The van der Waals surface area contributed by atoms with Crippen molar-refractivity contribution in [3.8, 4) is 5.75 Å². The van der Waals surface area contributed by atoms with E-state index in [4.69, 9.17) is 19.2 Å². The van der Waals surface area contributed by atoms with Crippen LogP contribution in [0.1, 0.15) is 38.3 Å². The number of nitrogens with one attached hydrogen (secondary N) is 2. The van der Waals surface area contributed by atoms with Crippen LogP contribution in [0.4, 0.5) is 0 Å². The summed E-state index contributed by atoms with van der Waals surface area (Å²) in [5.74, 6) is 1.66. The summed E-state index contributed by atoms with van der Waals surface area (Å²) in [5, 5.41) is 6.62. The molecular weight excluding hydrogens is 368 g/mol. The van der Waals surface area contributed by atoms with Gasteiger partial charge in [0.2, 0.25) is 0 Å². The van der Waals surface area contributed by atoms with Crippen LogP contribution in [0.2, 0.25) is 0 Å². The molecular formula is C22H40N4O3. The molecule has 0 saturated heterocycles. The standard InChI is InChI=1S/C22H40N4O3/c1-6-8-13-28-15-16-29-14-12-24-22(23-7-2)25-18-21(26(3)4)19-10-9-11-20(17-19)27-5/h9-11,17,21H,6-8,12-16,18H2,1-5H3,(H2,23,24,25). The van der Waals surface area contributed by atoms with Gasteiger partial charge in [-0.2, -0.15) is 0 Å². The molecule has 1 aromatic rings. The average Bonchev–Trinajstić information content (AvgIpc) is 2.72. The van der Waals surface area contributed by atoms with E-state index in [9.17, 15) is 0 Å². The van der Waals surface area contributed by atoms with E-state index >= 15 is 0 Å². The second kappa shape index (κ2) is 16.0. The van der Waals surface area contributed by atoms with Crippen LogP contribution in [0, 0.1) is 0 Å². The summed E-state index contributed by atoms with van der Waals surface area (Å²) < 4.78 is 16.5. The number of rotatable bonds is 15. The highest BCUT2D eigenvalue weighted by Gasteiger charge is 2.14. The van der Waals surface area contributed by atoms with E-state index in [1.165, 1.54) is 5.56 Å². The number of aliphatic imine (C=N–C) groups is 1. The Bertz CT molecular complexity index is 567. The predicted molar refractivity (Wildman–Crippen MR) is 120 cm³/mol. The molecule has 1 aromatic carbocycles. The summed E-state index contributed by atoms with van der Waals surface area (Å²) in [6, 6.07) is 8.31. The molecule has 0 fully saturated rings. The molecule has 0 spiro atoms. The summed E-state index contributed by atoms with van der Waals surface area (Å²) in [7, 11) is 5.82. The van der Waals surface area contributed by atoms with Crippen LogP contribution in [0.15, 0.2) is 29.3 Å². The first-order valence-electron chi connectivity index (χ1n) is 10.6. The molecule has 0 amide bonds. The molecule has 0 radical (unpaired) electrons. The summed E-state index contributed by atoms with van der Waals surface area (Å²) >= 11 is 0. The zero-order valence-electron chi connectivity index (χ0n) is 18.9. The van der Waals surface area contributed by atoms with Gasteiger partial charge < -0.3 is 29.7 Å². The molecule has 0 aliphatic rings. The van der Waals surface area contributed by atoms with E-state index in [1.807, 2.05) is 12.1 Å². The number of hydrogen-bond acceptors (Lipinski definition) is 5. The van der Waals surface area contributed by atoms with Crippen LogP contribution >= 0.6 is 0 Å². The maximum Gasteiger partial charge on any atom is 0.191 e. The Balaban J connectivity index is 2.47. The molecule has 166 valence electrons. The van der Waals surface area contributed by atoms with Crippen molar-refractivity contribution in [2.75, 3.05) is 67.3 Å². The molecule has 1 atom stereocenters. The molecule has 1 rings (SSSR count). The van der Waals surface area contributed by atoms with Crippen LogP contribution in [-0.4, -0.2) is 78.1 Å². The van der Waals surface area contributed by atoms with Crippen LogP contribution in [0.3, 0.4) is 0 Å². The van der Waals surface area contributed by atoms with Crippen molar-refractivity contribution in [1.29, 1.82) is 0 Å². The molecule has 2 N–H and O–H groups in total. The number of ether oxygens (including phenoxy) is 3. The first-order chi connectivity index (χ1) is 14.1. The van der Waals surface area contributed by atoms with Gasteiger partial charge in [-0.25, -0.2) is 0 Å². The van der Waals surface area contributed by atoms with Gasteiger partial charge in [-0.05, 0) is 45.1 Å². The van der Waals surface area contributed by atoms with E-state index in [2.05, 4.69) is 55.6 Å². The fourth-order valence-electron chi connectivity index (χ4n) is 2.75. The lowest BCUT2D eigenvalue weighted by Crippen LogP contribution is -2.39. The van der Waals surface area contributed by atoms with Crippen molar-refractivity contribution in [2.45, 2.75) is 32.7 Å². The quantitative estimate of drug-likeness (QED) is 0.264. The van der Waals surface area contributed by atoms with Gasteiger partial charge in [-0.3, -0.25) is 4.99 Å². The minimum absolute atomic E-state index is 0.164. The van der Waals surface area contributed by atoms with E-state index < -0.39 is 0 Å². The zero-order chi connectivity index (χ0) is 21.3. The monoisotopic (exact) mass is 408 g/mol. The Labute approximate surface area is 176 Å². The van der Waals surface area contributed by atoms with Crippen LogP contribution in [0.25, 0.3) is 0 Å². The van der Waals surface area contributed by atoms with Gasteiger partial charge in [-0.15, -0.1) is 0 Å². The lowest BCUT2D eigenvalue weighted by molar-refractivity contribution is 0.0487. The second-order valence-electron chi connectivity index (χ2n) is 6.98. The zero-order valence-corrected chi connectivity index (χ0v) is 18.9. The maximum absolute atomic E-state index is 5.61. The van der Waals surface area contributed by atoms with Gasteiger partial charge in [0, 0.05) is 19.7 Å². The van der Waals surface area contributed by atoms with E-state index in [-0.39, 0.29) is 6.04 Å². The first kappa shape index (κ1) is 25.2. The van der Waals surface area contributed by atoms with Crippen LogP contribution in [-0.2, 0) is 9.47 Å². The number of nitrogens with zero attached hydrogens (tertiary/aromatic N) is 2. The van der Waals surface area contributed by atoms with Gasteiger partial charge in [-0.1, -0.05) is 25.5 Å². The summed E-state index contributed by atoms with van der Waals surface area (Å²) in [6.45, 7) is 9.08. The molecule has 0 aliphatic heterocycles. The molecule has 7 nitrogen and oxygen atoms in total. The smallest absolute Gasteiger partial charge is 0.191 e. The van der Waals surface area contributed by atoms with Gasteiger partial charge in [0.15, 0.2) is 5.96 Å². The first-order valence-corrected chi connectivity index (χ1v) is 10.6. The van der Waals surface area contributed by atoms with Crippen molar-refractivity contribution in [3.63, 3.8) is 0 Å². The Morgan fingerprint density at radius 2 is 1.83 bits per heavy atom. The van der Waals surface area contributed by atoms with Crippen LogP contribution in [0.5, 0.6) is 5.75 Å². The normalized spacial score (nSPS) is 12.8. The fourth-order valence-corrected chi connectivity index (χ4v) is 2.75. The molecule has 0 bridgehead atoms. The molecule has 0 aliphatic carbocycles. The number of likely N-dealkylation sites (N-methyl/N-ethyl adjacent to an activating group) is 1. The van der Waals surface area contributed by atoms with Gasteiger partial charge in [0.05, 0.1) is 39.5 Å². The Kier molecular flexibility index (Phi) is 13.9. The Morgan fingerprint density at radius 3 is 2.48 bits per heavy atom. The molecule has 0 saturated carbocycles. The SMILES string of the molecule is CCCCOCCOCCNC(=NCC(c1cccc(OC)c1)N(C)C)NCC. The molecule has 1 unspecified atom stereocenters. The molecule has 7 heteroatoms. The topological polar surface area (TPSA) is 67.3 Å². The highest BCUT2D eigenvalue weighted by Crippen LogP contribution is 2.22. The second-order valence-corrected chi connectivity index (χ2v) is 6.98. The van der Waals surface area contributed by atoms with Gasteiger partial charge in [0.1, 0.15) is 5.75 Å². The summed E-state index contributed by atoms with van der Waals surface area (Å²) in [6.07, 6.45) is 2.26. The number of hydrogen-bond donors (Lipinski definition) is 2. The minimum Gasteiger partial charge on any atom is -0.497 e. The maximum atomic E-state index is 5.61. The van der Waals surface area contributed by atoms with Crippen molar-refractivity contribution in [2.24, 2.45) is 4.99 Å². The third-order valence-electron chi connectivity index (χ3n) is 4.42. The predicted octanol–water partition coefficient (Wildman–Crippen LogP) is 2.69. The van der Waals surface area contributed by atoms with Gasteiger partial charge >= 0.3 is 0 Å². The lowest BCUT2D eigenvalue weighted by atomic mass is 10.1. The average molecular weight is 409 g/mol. The number of benzene rings is 1. The van der Waals surface area contributed by atoms with Crippen molar-refractivity contribution in [3.05, 3.63) is 29.8 Å². The summed E-state index contributed by atoms with van der Waals surface area (Å²) in [4.78, 5) is 6.94. The fraction of sp³-hybridized carbons (Fsp3) is 0.682. The van der Waals surface area contributed by atoms with E-state index in [0.29, 0.717) is 32.9 Å². The number of guanidine groups is 1. The molecule has 0 aromatic heterocycles. The van der Waals surface area contributed by atoms with Crippen molar-refractivity contribution >= 4 is 5.96 Å². The Hall–Kier alpha value is -1.83. The van der Waals surface area contributed by atoms with E-state index in [1.54, 1.807) is 7.11 Å². The van der Waals surface area contributed by atoms with E-state index in [0.717, 1.165) is 37.7 Å². The minimum atomic E-state index is 0.164. The highest BCUT2D eigenvalue weighted by molar-refractivity contribution is 5.79. The third-order valence-corrected chi connectivity index (χ3v) is 4.42. The number of methoxy groups -OCH3 is 1. The summed E-state index contributed by atoms with van der Waals surface area (Å²) in [5.41, 5.74) is 1.18. The van der Waals surface area contributed by atoms with Crippen molar-refractivity contribution in [1.82, 2.24) is 15.5 Å². The van der Waals surface area contributed by atoms with Crippen LogP contribution < -0.4 is 15.4 Å². The Morgan fingerprint density at radius 1 is 1.07 bits per heavy atom. The molecule has 0 heterocycles. The lowest BCUT2D eigenvalue weighted by Gasteiger charge is -2.24. The molecule has 29 heavy (non-hydrogen) atoms. The highest BCUT2D eigenvalue weighted by atomic mass is 16.5. The third kappa shape index (κ3) is 11.1. The van der Waals surface area contributed by atoms with Crippen molar-refractivity contribution < 1.29 is 14.2 Å². The largest absolute Gasteiger partial charge is 0.497 e.